The molecule has 0 saturated carbocycles. The molecule has 0 unspecified atom stereocenters. The van der Waals surface area contributed by atoms with Crippen LogP contribution in [0, 0.1) is 5.41 Å². The Morgan fingerprint density at radius 1 is 0.548 bits per heavy atom. The Morgan fingerprint density at radius 2 is 0.935 bits per heavy atom. The number of nitrogens with one attached hydrogen (secondary N) is 2. The zero-order chi connectivity index (χ0) is 45.1. The Kier molecular flexibility index (Phi) is 24.4. The normalized spacial score (nSPS) is 14.1. The van der Waals surface area contributed by atoms with Gasteiger partial charge in [-0.1, -0.05) is 163 Å². The van der Waals surface area contributed by atoms with Crippen LogP contribution in [0.4, 0.5) is 0 Å². The predicted molar refractivity (Wildman–Crippen MR) is 260 cm³/mol. The Balaban J connectivity index is 1.50. The minimum atomic E-state index is -0.619. The molecule has 0 spiro atoms. The van der Waals surface area contributed by atoms with Crippen molar-refractivity contribution in [2.24, 2.45) is 5.41 Å². The van der Waals surface area contributed by atoms with Gasteiger partial charge in [-0.2, -0.15) is 0 Å². The first-order chi connectivity index (χ1) is 29.8. The first-order valence-electron chi connectivity index (χ1n) is 24.7. The van der Waals surface area contributed by atoms with Crippen molar-refractivity contribution >= 4 is 11.8 Å². The van der Waals surface area contributed by atoms with Gasteiger partial charge in [0, 0.05) is 29.8 Å². The van der Waals surface area contributed by atoms with E-state index in [-0.39, 0.29) is 17.2 Å². The van der Waals surface area contributed by atoms with E-state index in [4.69, 9.17) is 14.2 Å². The summed E-state index contributed by atoms with van der Waals surface area (Å²) in [5.41, 5.74) is 1.28. The van der Waals surface area contributed by atoms with Crippen molar-refractivity contribution in [1.82, 2.24) is 10.6 Å². The largest absolute Gasteiger partial charge is 0.493 e. The second-order valence-corrected chi connectivity index (χ2v) is 19.5. The molecule has 0 aliphatic carbocycles. The summed E-state index contributed by atoms with van der Waals surface area (Å²) >= 11 is 0. The maximum absolute atomic E-state index is 13.8. The van der Waals surface area contributed by atoms with E-state index >= 15 is 0 Å². The van der Waals surface area contributed by atoms with Gasteiger partial charge in [0.15, 0.2) is 11.5 Å². The molecule has 1 aliphatic heterocycles. The summed E-state index contributed by atoms with van der Waals surface area (Å²) in [6.07, 6.45) is 36.9. The lowest BCUT2D eigenvalue weighted by atomic mass is 9.84. The highest BCUT2D eigenvalue weighted by molar-refractivity contribution is 5.95. The van der Waals surface area contributed by atoms with E-state index in [1.165, 1.54) is 122 Å². The van der Waals surface area contributed by atoms with Crippen LogP contribution in [0.1, 0.15) is 202 Å². The number of ether oxygens (including phenoxy) is 3. The third kappa shape index (κ3) is 20.2. The maximum atomic E-state index is 13.8. The third-order valence-electron chi connectivity index (χ3n) is 12.2. The van der Waals surface area contributed by atoms with Crippen LogP contribution >= 0.6 is 0 Å². The minimum absolute atomic E-state index is 0.159. The average molecular weight is 859 g/mol. The molecule has 2 aromatic rings. The van der Waals surface area contributed by atoms with Crippen molar-refractivity contribution in [3.05, 3.63) is 77.6 Å². The second-order valence-electron chi connectivity index (χ2n) is 19.5. The molecule has 0 saturated heterocycles. The molecule has 348 valence electrons. The van der Waals surface area contributed by atoms with Crippen LogP contribution in [0.25, 0.3) is 0 Å². The Labute approximate surface area is 378 Å². The maximum Gasteiger partial charge on any atom is 0.251 e. The van der Waals surface area contributed by atoms with Gasteiger partial charge < -0.3 is 24.8 Å². The average Bonchev–Trinajstić information content (AvgIpc) is 3.26. The molecule has 2 amide bonds. The second kappa shape index (κ2) is 28.8. The fourth-order valence-corrected chi connectivity index (χ4v) is 7.99. The van der Waals surface area contributed by atoms with Gasteiger partial charge in [-0.25, -0.2) is 0 Å². The zero-order valence-corrected chi connectivity index (χ0v) is 40.6. The summed E-state index contributed by atoms with van der Waals surface area (Å²) in [7, 11) is 5.76. The Bertz CT molecular complexity index is 1620. The molecule has 0 atom stereocenters. The molecule has 8 nitrogen and oxygen atoms in total. The lowest BCUT2D eigenvalue weighted by molar-refractivity contribution is -0.785. The molecule has 1 aliphatic rings. The van der Waals surface area contributed by atoms with E-state index in [9.17, 15) is 9.59 Å². The summed E-state index contributed by atoms with van der Waals surface area (Å²) in [6.45, 7) is 12.9. The smallest absolute Gasteiger partial charge is 0.251 e. The van der Waals surface area contributed by atoms with Crippen molar-refractivity contribution in [2.75, 3.05) is 47.5 Å². The first-order valence-corrected chi connectivity index (χ1v) is 24.7. The highest BCUT2D eigenvalue weighted by Crippen LogP contribution is 2.33. The molecule has 2 N–H and O–H groups in total. The van der Waals surface area contributed by atoms with Crippen molar-refractivity contribution in [3.63, 3.8) is 0 Å². The molecule has 3 rings (SSSR count). The SMILES string of the molecule is CCCCCCCCCCCCCCCCOc1ccc(C(=O)NCC2(CNC(=O)c3ccc(OCCCCCCCCCC)c(OC)c3)C=C[N+](C)(C)C=C2)cc1C(C)(C)C. The zero-order valence-electron chi connectivity index (χ0n) is 40.6. The van der Waals surface area contributed by atoms with E-state index in [0.29, 0.717) is 53.4 Å². The molecule has 8 heteroatoms. The molecule has 1 heterocycles. The lowest BCUT2D eigenvalue weighted by Crippen LogP contribution is -2.46. The first kappa shape index (κ1) is 52.6. The van der Waals surface area contributed by atoms with Gasteiger partial charge in [0.2, 0.25) is 0 Å². The van der Waals surface area contributed by atoms with Gasteiger partial charge in [0.25, 0.3) is 11.8 Å². The lowest BCUT2D eigenvalue weighted by Gasteiger charge is -2.33. The number of hydrogen-bond donors (Lipinski definition) is 2. The van der Waals surface area contributed by atoms with E-state index in [0.717, 1.165) is 30.6 Å². The highest BCUT2D eigenvalue weighted by Gasteiger charge is 2.32. The Hall–Kier alpha value is -3.78. The van der Waals surface area contributed by atoms with E-state index < -0.39 is 5.41 Å². The summed E-state index contributed by atoms with van der Waals surface area (Å²) in [5.74, 6) is 1.65. The number of benzene rings is 2. The van der Waals surface area contributed by atoms with Gasteiger partial charge in [0.1, 0.15) is 5.75 Å². The van der Waals surface area contributed by atoms with Crippen LogP contribution in [0.15, 0.2) is 61.0 Å². The number of nitrogens with zero attached hydrogens (tertiary/aromatic N) is 1. The molecular weight excluding hydrogens is 771 g/mol. The molecule has 2 aromatic carbocycles. The number of hydrogen-bond acceptors (Lipinski definition) is 5. The van der Waals surface area contributed by atoms with Crippen LogP contribution in [0.5, 0.6) is 17.2 Å². The Morgan fingerprint density at radius 3 is 1.35 bits per heavy atom. The fraction of sp³-hybridized carbons (Fsp3) is 0.667. The van der Waals surface area contributed by atoms with Crippen LogP contribution in [-0.4, -0.2) is 63.8 Å². The summed E-state index contributed by atoms with van der Waals surface area (Å²) in [5, 5.41) is 6.32. The number of carbonyl (C=O) groups is 2. The summed E-state index contributed by atoms with van der Waals surface area (Å²) in [4.78, 5) is 27.3. The standard InChI is InChI=1S/C54H87N3O5/c1-9-11-13-15-17-19-20-21-22-23-24-26-27-29-39-61-48-33-31-45(41-47(48)53(3,4)5)51(58)55-43-54(35-37-57(6,7)38-36-54)44-56-52(59)46-32-34-49(50(42-46)60-8)62-40-30-28-25-18-16-14-12-10-2/h31-38,41-42H,9-30,39-40,43-44H2,1-8H3,(H-,55,56,58,59)/p+1. The van der Waals surface area contributed by atoms with Gasteiger partial charge >= 0.3 is 0 Å². The molecular formula is C54H88N3O5+. The van der Waals surface area contributed by atoms with Crippen LogP contribution in [0.3, 0.4) is 0 Å². The van der Waals surface area contributed by atoms with Gasteiger partial charge in [0.05, 0.1) is 52.2 Å². The van der Waals surface area contributed by atoms with Gasteiger partial charge in [-0.05, 0) is 66.8 Å². The molecule has 0 fully saturated rings. The molecule has 0 aromatic heterocycles. The summed E-state index contributed by atoms with van der Waals surface area (Å²) in [6, 6.07) is 11.1. The van der Waals surface area contributed by atoms with Crippen molar-refractivity contribution < 1.29 is 28.3 Å². The fourth-order valence-electron chi connectivity index (χ4n) is 7.99. The number of quaternary nitrogens is 1. The third-order valence-corrected chi connectivity index (χ3v) is 12.2. The highest BCUT2D eigenvalue weighted by atomic mass is 16.5. The quantitative estimate of drug-likeness (QED) is 0.0552. The summed E-state index contributed by atoms with van der Waals surface area (Å²) < 4.78 is 18.6. The topological polar surface area (TPSA) is 85.9 Å². The van der Waals surface area contributed by atoms with E-state index in [1.807, 2.05) is 24.3 Å². The number of carbonyl (C=O) groups excluding carboxylic acids is 2. The van der Waals surface area contributed by atoms with Gasteiger partial charge in [-0.15, -0.1) is 0 Å². The monoisotopic (exact) mass is 859 g/mol. The van der Waals surface area contributed by atoms with Crippen molar-refractivity contribution in [3.8, 4) is 17.2 Å². The van der Waals surface area contributed by atoms with E-state index in [2.05, 4.69) is 83.9 Å². The number of unbranched alkanes of at least 4 members (excludes halogenated alkanes) is 20. The number of amides is 2. The van der Waals surface area contributed by atoms with E-state index in [1.54, 1.807) is 19.2 Å². The minimum Gasteiger partial charge on any atom is -0.493 e. The molecule has 62 heavy (non-hydrogen) atoms. The van der Waals surface area contributed by atoms with Crippen molar-refractivity contribution in [1.29, 1.82) is 0 Å². The molecule has 0 bridgehead atoms. The predicted octanol–water partition coefficient (Wildman–Crippen LogP) is 13.6. The number of rotatable bonds is 33. The van der Waals surface area contributed by atoms with Crippen molar-refractivity contribution in [2.45, 2.75) is 181 Å². The van der Waals surface area contributed by atoms with Gasteiger partial charge in [-0.3, -0.25) is 14.1 Å². The number of methoxy groups -OCH3 is 1. The van der Waals surface area contributed by atoms with Crippen LogP contribution in [-0.2, 0) is 5.41 Å². The van der Waals surface area contributed by atoms with Crippen LogP contribution in [0.2, 0.25) is 0 Å². The van der Waals surface area contributed by atoms with Crippen LogP contribution < -0.4 is 24.8 Å². The molecule has 0 radical (unpaired) electrons.